The van der Waals surface area contributed by atoms with Gasteiger partial charge in [0.05, 0.1) is 0 Å². The molecule has 0 atom stereocenters. The summed E-state index contributed by atoms with van der Waals surface area (Å²) in [5, 5.41) is 12.8. The number of carbonyl (C=O) groups excluding carboxylic acids is 1. The van der Waals surface area contributed by atoms with Crippen molar-refractivity contribution < 1.29 is 14.7 Å². The van der Waals surface area contributed by atoms with E-state index in [4.69, 9.17) is 5.11 Å². The number of aromatic nitrogens is 2. The molecule has 0 aliphatic heterocycles. The summed E-state index contributed by atoms with van der Waals surface area (Å²) in [6.07, 6.45) is 0.713. The van der Waals surface area contributed by atoms with Gasteiger partial charge in [-0.15, -0.1) is 0 Å². The van der Waals surface area contributed by atoms with E-state index in [-0.39, 0.29) is 12.5 Å². The predicted molar refractivity (Wildman–Crippen MR) is 61.8 cm³/mol. The molecule has 1 aromatic rings. The van der Waals surface area contributed by atoms with Crippen molar-refractivity contribution in [1.29, 1.82) is 0 Å². The van der Waals surface area contributed by atoms with Crippen LogP contribution < -0.4 is 0 Å². The standard InChI is InChI=1S/C11H17N3O3/c1-4-5-14(7-10(15)16)11(17)9-6-8(2)13(3)12-9/h6H,4-5,7H2,1-3H3,(H,15,16). The number of hydrogen-bond donors (Lipinski definition) is 1. The van der Waals surface area contributed by atoms with Gasteiger partial charge in [0, 0.05) is 19.3 Å². The number of carboxylic acids is 1. The van der Waals surface area contributed by atoms with Crippen LogP contribution in [0.2, 0.25) is 0 Å². The third kappa shape index (κ3) is 3.30. The zero-order valence-electron chi connectivity index (χ0n) is 10.3. The number of aryl methyl sites for hydroxylation is 2. The van der Waals surface area contributed by atoms with Crippen LogP contribution in [0.25, 0.3) is 0 Å². The smallest absolute Gasteiger partial charge is 0.323 e. The lowest BCUT2D eigenvalue weighted by molar-refractivity contribution is -0.137. The summed E-state index contributed by atoms with van der Waals surface area (Å²) >= 11 is 0. The van der Waals surface area contributed by atoms with Gasteiger partial charge in [0.2, 0.25) is 0 Å². The van der Waals surface area contributed by atoms with Gasteiger partial charge in [-0.05, 0) is 19.4 Å². The first-order chi connectivity index (χ1) is 7.95. The third-order valence-electron chi connectivity index (χ3n) is 2.44. The SMILES string of the molecule is CCCN(CC(=O)O)C(=O)c1cc(C)n(C)n1. The predicted octanol–water partition coefficient (Wildman–Crippen LogP) is 0.665. The monoisotopic (exact) mass is 239 g/mol. The number of rotatable bonds is 5. The van der Waals surface area contributed by atoms with Crippen molar-refractivity contribution in [3.63, 3.8) is 0 Å². The molecule has 0 bridgehead atoms. The Morgan fingerprint density at radius 1 is 1.53 bits per heavy atom. The summed E-state index contributed by atoms with van der Waals surface area (Å²) in [6.45, 7) is 3.86. The van der Waals surface area contributed by atoms with Gasteiger partial charge in [0.25, 0.3) is 5.91 Å². The van der Waals surface area contributed by atoms with E-state index in [0.717, 1.165) is 5.69 Å². The van der Waals surface area contributed by atoms with E-state index in [9.17, 15) is 9.59 Å². The summed E-state index contributed by atoms with van der Waals surface area (Å²) in [5.41, 5.74) is 1.15. The average molecular weight is 239 g/mol. The van der Waals surface area contributed by atoms with E-state index >= 15 is 0 Å². The molecule has 0 saturated heterocycles. The first-order valence-electron chi connectivity index (χ1n) is 5.47. The second kappa shape index (κ2) is 5.47. The van der Waals surface area contributed by atoms with Crippen LogP contribution >= 0.6 is 0 Å². The first kappa shape index (κ1) is 13.2. The van der Waals surface area contributed by atoms with Gasteiger partial charge < -0.3 is 10.0 Å². The molecular weight excluding hydrogens is 222 g/mol. The Labute approximate surface area is 99.8 Å². The quantitative estimate of drug-likeness (QED) is 0.819. The molecule has 0 aromatic carbocycles. The maximum atomic E-state index is 12.0. The van der Waals surface area contributed by atoms with E-state index in [0.29, 0.717) is 18.7 Å². The largest absolute Gasteiger partial charge is 0.480 e. The molecular formula is C11H17N3O3. The average Bonchev–Trinajstić information content (AvgIpc) is 2.57. The van der Waals surface area contributed by atoms with Crippen LogP contribution in [0, 0.1) is 6.92 Å². The maximum Gasteiger partial charge on any atom is 0.323 e. The molecule has 1 aromatic heterocycles. The van der Waals surface area contributed by atoms with E-state index in [2.05, 4.69) is 5.10 Å². The Morgan fingerprint density at radius 2 is 2.18 bits per heavy atom. The highest BCUT2D eigenvalue weighted by molar-refractivity contribution is 5.94. The number of nitrogens with zero attached hydrogens (tertiary/aromatic N) is 3. The molecule has 1 N–H and O–H groups in total. The fraction of sp³-hybridized carbons (Fsp3) is 0.545. The van der Waals surface area contributed by atoms with E-state index in [1.165, 1.54) is 4.90 Å². The Hall–Kier alpha value is -1.85. The Morgan fingerprint density at radius 3 is 2.59 bits per heavy atom. The van der Waals surface area contributed by atoms with Gasteiger partial charge in [0.15, 0.2) is 5.69 Å². The summed E-state index contributed by atoms with van der Waals surface area (Å²) in [5.74, 6) is -1.35. The molecule has 1 rings (SSSR count). The Kier molecular flexibility index (Phi) is 4.25. The molecule has 6 nitrogen and oxygen atoms in total. The zero-order valence-corrected chi connectivity index (χ0v) is 10.3. The van der Waals surface area contributed by atoms with Crippen molar-refractivity contribution >= 4 is 11.9 Å². The highest BCUT2D eigenvalue weighted by Gasteiger charge is 2.20. The Bertz CT molecular complexity index is 406. The van der Waals surface area contributed by atoms with Crippen molar-refractivity contribution in [3.05, 3.63) is 17.5 Å². The molecule has 0 saturated carbocycles. The second-order valence-corrected chi connectivity index (χ2v) is 3.92. The molecule has 0 spiro atoms. The topological polar surface area (TPSA) is 75.4 Å². The molecule has 0 fully saturated rings. The molecule has 0 aliphatic carbocycles. The maximum absolute atomic E-state index is 12.0. The van der Waals surface area contributed by atoms with Gasteiger partial charge in [-0.2, -0.15) is 5.10 Å². The molecule has 94 valence electrons. The zero-order chi connectivity index (χ0) is 13.0. The highest BCUT2D eigenvalue weighted by Crippen LogP contribution is 2.06. The number of aliphatic carboxylic acids is 1. The first-order valence-corrected chi connectivity index (χ1v) is 5.47. The number of amides is 1. The lowest BCUT2D eigenvalue weighted by Gasteiger charge is -2.18. The normalized spacial score (nSPS) is 10.3. The molecule has 0 aliphatic rings. The van der Waals surface area contributed by atoms with Crippen LogP contribution in [0.1, 0.15) is 29.5 Å². The lowest BCUT2D eigenvalue weighted by atomic mass is 10.3. The number of carbonyl (C=O) groups is 2. The van der Waals surface area contributed by atoms with Gasteiger partial charge in [0.1, 0.15) is 6.54 Å². The van der Waals surface area contributed by atoms with Crippen LogP contribution in [0.3, 0.4) is 0 Å². The second-order valence-electron chi connectivity index (χ2n) is 3.92. The summed E-state index contributed by atoms with van der Waals surface area (Å²) in [7, 11) is 1.74. The minimum atomic E-state index is -1.01. The molecule has 0 radical (unpaired) electrons. The minimum Gasteiger partial charge on any atom is -0.480 e. The van der Waals surface area contributed by atoms with Crippen LogP contribution in [0.15, 0.2) is 6.07 Å². The highest BCUT2D eigenvalue weighted by atomic mass is 16.4. The third-order valence-corrected chi connectivity index (χ3v) is 2.44. The molecule has 6 heteroatoms. The fourth-order valence-corrected chi connectivity index (χ4v) is 1.51. The number of hydrogen-bond acceptors (Lipinski definition) is 3. The summed E-state index contributed by atoms with van der Waals surface area (Å²) < 4.78 is 1.60. The van der Waals surface area contributed by atoms with Crippen molar-refractivity contribution in [1.82, 2.24) is 14.7 Å². The van der Waals surface area contributed by atoms with E-state index in [1.807, 2.05) is 13.8 Å². The van der Waals surface area contributed by atoms with Crippen molar-refractivity contribution in [2.45, 2.75) is 20.3 Å². The minimum absolute atomic E-state index is 0.289. The number of carboxylic acid groups (broad SMARTS) is 1. The molecule has 0 unspecified atom stereocenters. The molecule has 1 heterocycles. The van der Waals surface area contributed by atoms with Gasteiger partial charge in [-0.1, -0.05) is 6.92 Å². The van der Waals surface area contributed by atoms with Gasteiger partial charge in [-0.3, -0.25) is 14.3 Å². The summed E-state index contributed by atoms with van der Waals surface area (Å²) in [6, 6.07) is 1.66. The molecule has 1 amide bonds. The lowest BCUT2D eigenvalue weighted by Crippen LogP contribution is -2.36. The van der Waals surface area contributed by atoms with Gasteiger partial charge >= 0.3 is 5.97 Å². The van der Waals surface area contributed by atoms with Crippen LogP contribution in [0.5, 0.6) is 0 Å². The summed E-state index contributed by atoms with van der Waals surface area (Å²) in [4.78, 5) is 24.0. The van der Waals surface area contributed by atoms with Crippen LogP contribution in [0.4, 0.5) is 0 Å². The van der Waals surface area contributed by atoms with Crippen molar-refractivity contribution in [2.24, 2.45) is 7.05 Å². The van der Waals surface area contributed by atoms with E-state index in [1.54, 1.807) is 17.8 Å². The van der Waals surface area contributed by atoms with E-state index < -0.39 is 5.97 Å². The fourth-order valence-electron chi connectivity index (χ4n) is 1.51. The van der Waals surface area contributed by atoms with Crippen molar-refractivity contribution in [2.75, 3.05) is 13.1 Å². The van der Waals surface area contributed by atoms with Crippen LogP contribution in [-0.2, 0) is 11.8 Å². The van der Waals surface area contributed by atoms with Crippen LogP contribution in [-0.4, -0.2) is 44.8 Å². The molecule has 17 heavy (non-hydrogen) atoms. The Balaban J connectivity index is 2.87. The van der Waals surface area contributed by atoms with Crippen molar-refractivity contribution in [3.8, 4) is 0 Å². The van der Waals surface area contributed by atoms with Gasteiger partial charge in [-0.25, -0.2) is 0 Å².